The van der Waals surface area contributed by atoms with E-state index in [0.29, 0.717) is 12.5 Å². The van der Waals surface area contributed by atoms with Gasteiger partial charge >= 0.3 is 0 Å². The van der Waals surface area contributed by atoms with Crippen molar-refractivity contribution in [1.82, 2.24) is 10.3 Å². The first-order valence-electron chi connectivity index (χ1n) is 7.18. The maximum atomic E-state index is 12.1. The van der Waals surface area contributed by atoms with Crippen LogP contribution in [0.1, 0.15) is 43.2 Å². The van der Waals surface area contributed by atoms with E-state index in [1.807, 2.05) is 18.7 Å². The Morgan fingerprint density at radius 2 is 2.35 bits per heavy atom. The number of aromatic nitrogens is 1. The highest BCUT2D eigenvalue weighted by Crippen LogP contribution is 2.28. The maximum absolute atomic E-state index is 12.1. The molecule has 1 heterocycles. The Morgan fingerprint density at radius 3 is 3.00 bits per heavy atom. The van der Waals surface area contributed by atoms with Crippen molar-refractivity contribution in [1.29, 1.82) is 0 Å². The summed E-state index contributed by atoms with van der Waals surface area (Å²) in [6.45, 7) is 4.18. The van der Waals surface area contributed by atoms with Gasteiger partial charge in [-0.25, -0.2) is 0 Å². The molecule has 0 aromatic carbocycles. The molecule has 0 saturated heterocycles. The monoisotopic (exact) mass is 330 g/mol. The van der Waals surface area contributed by atoms with Crippen molar-refractivity contribution in [3.63, 3.8) is 0 Å². The Morgan fingerprint density at radius 1 is 1.55 bits per heavy atom. The fourth-order valence-corrected chi connectivity index (χ4v) is 5.16. The van der Waals surface area contributed by atoms with Crippen molar-refractivity contribution in [2.75, 3.05) is 5.75 Å². The third-order valence-corrected chi connectivity index (χ3v) is 6.21. The average Bonchev–Trinajstić information content (AvgIpc) is 2.68. The van der Waals surface area contributed by atoms with Crippen LogP contribution in [0.5, 0.6) is 0 Å². The van der Waals surface area contributed by atoms with Gasteiger partial charge in [-0.3, -0.25) is 4.79 Å². The van der Waals surface area contributed by atoms with Gasteiger partial charge in [-0.1, -0.05) is 13.3 Å². The zero-order valence-corrected chi connectivity index (χ0v) is 14.5. The van der Waals surface area contributed by atoms with Gasteiger partial charge in [-0.05, 0) is 44.2 Å². The highest BCUT2D eigenvalue weighted by atomic mass is 32.2. The second-order valence-corrected chi connectivity index (χ2v) is 8.60. The number of nitrogens with one attached hydrogen (secondary N) is 2. The van der Waals surface area contributed by atoms with Crippen LogP contribution in [0.2, 0.25) is 0 Å². The fourth-order valence-electron chi connectivity index (χ4n) is 2.69. The molecule has 0 spiro atoms. The molecule has 0 aliphatic heterocycles. The molecule has 1 aromatic rings. The number of amides is 1. The van der Waals surface area contributed by atoms with Crippen molar-refractivity contribution in [3.8, 4) is 0 Å². The molecule has 1 aliphatic carbocycles. The smallest absolute Gasteiger partial charge is 0.225 e. The minimum atomic E-state index is 0.130. The van der Waals surface area contributed by atoms with Crippen LogP contribution in [-0.4, -0.2) is 27.9 Å². The Labute approximate surface area is 133 Å². The minimum absolute atomic E-state index is 0.130. The van der Waals surface area contributed by atoms with Crippen LogP contribution in [0, 0.1) is 10.9 Å². The van der Waals surface area contributed by atoms with E-state index in [-0.39, 0.29) is 5.91 Å². The summed E-state index contributed by atoms with van der Waals surface area (Å²) in [4.78, 5) is 16.3. The van der Waals surface area contributed by atoms with E-state index >= 15 is 0 Å². The molecule has 1 aliphatic rings. The molecule has 6 heteroatoms. The highest BCUT2D eigenvalue weighted by Gasteiger charge is 2.23. The third kappa shape index (κ3) is 4.60. The molecule has 2 atom stereocenters. The second kappa shape index (κ2) is 7.61. The first-order valence-corrected chi connectivity index (χ1v) is 9.45. The van der Waals surface area contributed by atoms with E-state index in [1.165, 1.54) is 24.2 Å². The average molecular weight is 331 g/mol. The summed E-state index contributed by atoms with van der Waals surface area (Å²) in [7, 11) is 0. The molecule has 0 radical (unpaired) electrons. The summed E-state index contributed by atoms with van der Waals surface area (Å²) >= 11 is 8.64. The summed E-state index contributed by atoms with van der Waals surface area (Å²) in [5.74, 6) is 1.29. The topological polar surface area (TPSA) is 44.9 Å². The number of hydrogen-bond acceptors (Lipinski definition) is 4. The lowest BCUT2D eigenvalue weighted by molar-refractivity contribution is -0.121. The van der Waals surface area contributed by atoms with E-state index < -0.39 is 0 Å². The van der Waals surface area contributed by atoms with E-state index in [1.54, 1.807) is 0 Å². The van der Waals surface area contributed by atoms with Gasteiger partial charge < -0.3 is 10.3 Å². The van der Waals surface area contributed by atoms with Crippen molar-refractivity contribution < 1.29 is 4.79 Å². The molecule has 0 unspecified atom stereocenters. The Kier molecular flexibility index (Phi) is 6.11. The lowest BCUT2D eigenvalue weighted by Crippen LogP contribution is -2.39. The molecule has 3 nitrogen and oxygen atoms in total. The zero-order chi connectivity index (χ0) is 14.5. The number of aromatic amines is 1. The SMILES string of the molecule is CCS[C@H]1CCC[C@H](NC(=O)Cc2sc(=S)[nH]c2C)C1. The quantitative estimate of drug-likeness (QED) is 0.806. The highest BCUT2D eigenvalue weighted by molar-refractivity contribution is 7.99. The summed E-state index contributed by atoms with van der Waals surface area (Å²) in [6, 6.07) is 0.354. The van der Waals surface area contributed by atoms with Crippen LogP contribution in [0.3, 0.4) is 0 Å². The second-order valence-electron chi connectivity index (χ2n) is 5.25. The van der Waals surface area contributed by atoms with E-state index in [2.05, 4.69) is 17.2 Å². The van der Waals surface area contributed by atoms with Crippen molar-refractivity contribution in [2.45, 2.75) is 57.2 Å². The van der Waals surface area contributed by atoms with Crippen molar-refractivity contribution >= 4 is 41.2 Å². The van der Waals surface area contributed by atoms with Crippen LogP contribution in [0.15, 0.2) is 0 Å². The number of carbonyl (C=O) groups excluding carboxylic acids is 1. The third-order valence-electron chi connectivity index (χ3n) is 3.64. The van der Waals surface area contributed by atoms with Gasteiger partial charge in [0.05, 0.1) is 6.42 Å². The number of aryl methyl sites for hydroxylation is 1. The summed E-state index contributed by atoms with van der Waals surface area (Å²) in [5, 5.41) is 3.92. The maximum Gasteiger partial charge on any atom is 0.225 e. The van der Waals surface area contributed by atoms with Gasteiger partial charge in [0.25, 0.3) is 0 Å². The largest absolute Gasteiger partial charge is 0.353 e. The number of rotatable bonds is 5. The fraction of sp³-hybridized carbons (Fsp3) is 0.714. The van der Waals surface area contributed by atoms with Gasteiger partial charge in [-0.2, -0.15) is 11.8 Å². The first kappa shape index (κ1) is 16.0. The molecule has 112 valence electrons. The minimum Gasteiger partial charge on any atom is -0.353 e. The number of hydrogen-bond donors (Lipinski definition) is 2. The van der Waals surface area contributed by atoms with Gasteiger partial charge in [-0.15, -0.1) is 11.3 Å². The normalized spacial score (nSPS) is 22.7. The molecule has 1 amide bonds. The van der Waals surface area contributed by atoms with Gasteiger partial charge in [0, 0.05) is 21.9 Å². The van der Waals surface area contributed by atoms with Crippen molar-refractivity contribution in [2.24, 2.45) is 0 Å². The summed E-state index contributed by atoms with van der Waals surface area (Å²) in [6.07, 6.45) is 5.21. The van der Waals surface area contributed by atoms with E-state index in [0.717, 1.165) is 38.4 Å². The predicted octanol–water partition coefficient (Wildman–Crippen LogP) is 3.84. The zero-order valence-electron chi connectivity index (χ0n) is 12.0. The van der Waals surface area contributed by atoms with Gasteiger partial charge in [0.1, 0.15) is 0 Å². The van der Waals surface area contributed by atoms with Crippen LogP contribution >= 0.6 is 35.3 Å². The van der Waals surface area contributed by atoms with Crippen LogP contribution in [0.25, 0.3) is 0 Å². The number of H-pyrrole nitrogens is 1. The van der Waals surface area contributed by atoms with Gasteiger partial charge in [0.2, 0.25) is 5.91 Å². The van der Waals surface area contributed by atoms with E-state index in [4.69, 9.17) is 12.2 Å². The van der Waals surface area contributed by atoms with E-state index in [9.17, 15) is 4.79 Å². The molecule has 1 aromatic heterocycles. The predicted molar refractivity (Wildman–Crippen MR) is 90.3 cm³/mol. The van der Waals surface area contributed by atoms with Crippen LogP contribution in [0.4, 0.5) is 0 Å². The number of thiazole rings is 1. The lowest BCUT2D eigenvalue weighted by Gasteiger charge is -2.29. The Balaban J connectivity index is 1.85. The Hall–Kier alpha value is -0.330. The molecule has 20 heavy (non-hydrogen) atoms. The Bertz CT molecular complexity index is 507. The molecule has 1 saturated carbocycles. The number of thioether (sulfide) groups is 1. The van der Waals surface area contributed by atoms with Crippen LogP contribution < -0.4 is 5.32 Å². The molecule has 2 N–H and O–H groups in total. The molecule has 2 rings (SSSR count). The molecular formula is C14H22N2OS3. The lowest BCUT2D eigenvalue weighted by atomic mass is 9.95. The number of carbonyl (C=O) groups is 1. The first-order chi connectivity index (χ1) is 9.58. The standard InChI is InChI=1S/C14H22N2OS3/c1-3-19-11-6-4-5-10(7-11)16-13(17)8-12-9(2)15-14(18)20-12/h10-11H,3-8H2,1-2H3,(H,15,18)(H,16,17)/t10-,11-/m0/s1. The molecular weight excluding hydrogens is 308 g/mol. The van der Waals surface area contributed by atoms with Crippen molar-refractivity contribution in [3.05, 3.63) is 14.5 Å². The molecule has 1 fully saturated rings. The summed E-state index contributed by atoms with van der Waals surface area (Å²) < 4.78 is 0.752. The van der Waals surface area contributed by atoms with Crippen LogP contribution in [-0.2, 0) is 11.2 Å². The van der Waals surface area contributed by atoms with Gasteiger partial charge in [0.15, 0.2) is 3.95 Å². The molecule has 0 bridgehead atoms. The summed E-state index contributed by atoms with van der Waals surface area (Å²) in [5.41, 5.74) is 1.03.